The summed E-state index contributed by atoms with van der Waals surface area (Å²) < 4.78 is 19.1. The number of ether oxygens (including phenoxy) is 1. The Morgan fingerprint density at radius 1 is 1.45 bits per heavy atom. The van der Waals surface area contributed by atoms with Crippen molar-refractivity contribution in [2.24, 2.45) is 5.73 Å². The molecule has 0 bridgehead atoms. The minimum atomic E-state index is -0.581. The molecule has 2 rings (SSSR count). The summed E-state index contributed by atoms with van der Waals surface area (Å²) >= 11 is 1.64. The second-order valence-electron chi connectivity index (χ2n) is 5.17. The maximum atomic E-state index is 13.8. The number of halogens is 1. The zero-order chi connectivity index (χ0) is 15.9. The number of hydrogen-bond donors (Lipinski definition) is 2. The number of nitrogens with zero attached hydrogens (tertiary/aromatic N) is 1. The molecule has 0 spiro atoms. The van der Waals surface area contributed by atoms with Crippen LogP contribution in [0.5, 0.6) is 0 Å². The summed E-state index contributed by atoms with van der Waals surface area (Å²) in [6, 6.07) is 3.97. The van der Waals surface area contributed by atoms with Crippen molar-refractivity contribution in [3.8, 4) is 0 Å². The smallest absolute Gasteiger partial charge is 0.241 e. The molecule has 1 saturated heterocycles. The Kier molecular flexibility index (Phi) is 6.48. The number of nitrogens with one attached hydrogen (secondary N) is 1. The molecular weight excluding hydrogens is 305 g/mol. The predicted molar refractivity (Wildman–Crippen MR) is 89.0 cm³/mol. The fourth-order valence-corrected chi connectivity index (χ4v) is 2.75. The first kappa shape index (κ1) is 17.1. The van der Waals surface area contributed by atoms with Crippen molar-refractivity contribution >= 4 is 29.0 Å². The first-order chi connectivity index (χ1) is 10.6. The third-order valence-corrected chi connectivity index (χ3v) is 4.14. The van der Waals surface area contributed by atoms with Gasteiger partial charge in [-0.2, -0.15) is 11.8 Å². The van der Waals surface area contributed by atoms with Gasteiger partial charge in [0.2, 0.25) is 5.91 Å². The van der Waals surface area contributed by atoms with Crippen molar-refractivity contribution < 1.29 is 13.9 Å². The normalized spacial score (nSPS) is 16.4. The Morgan fingerprint density at radius 2 is 2.18 bits per heavy atom. The summed E-state index contributed by atoms with van der Waals surface area (Å²) in [6.45, 7) is 2.67. The Bertz CT molecular complexity index is 510. The molecule has 1 aliphatic heterocycles. The molecule has 0 saturated carbocycles. The summed E-state index contributed by atoms with van der Waals surface area (Å²) in [5.41, 5.74) is 7.01. The lowest BCUT2D eigenvalue weighted by atomic mass is 10.2. The van der Waals surface area contributed by atoms with E-state index in [9.17, 15) is 9.18 Å². The third-order valence-electron chi connectivity index (χ3n) is 3.50. The molecule has 5 nitrogen and oxygen atoms in total. The van der Waals surface area contributed by atoms with Gasteiger partial charge in [-0.15, -0.1) is 0 Å². The van der Waals surface area contributed by atoms with Crippen molar-refractivity contribution in [3.63, 3.8) is 0 Å². The summed E-state index contributed by atoms with van der Waals surface area (Å²) in [5.74, 6) is 0.154. The monoisotopic (exact) mass is 327 g/mol. The van der Waals surface area contributed by atoms with E-state index in [1.807, 2.05) is 11.2 Å². The van der Waals surface area contributed by atoms with Crippen molar-refractivity contribution in [3.05, 3.63) is 24.0 Å². The van der Waals surface area contributed by atoms with E-state index in [2.05, 4.69) is 5.32 Å². The van der Waals surface area contributed by atoms with Crippen LogP contribution in [0.4, 0.5) is 15.8 Å². The van der Waals surface area contributed by atoms with E-state index in [0.717, 1.165) is 11.4 Å². The van der Waals surface area contributed by atoms with E-state index < -0.39 is 6.04 Å². The molecule has 1 aliphatic rings. The van der Waals surface area contributed by atoms with Crippen LogP contribution >= 0.6 is 11.8 Å². The van der Waals surface area contributed by atoms with E-state index in [4.69, 9.17) is 10.5 Å². The fourth-order valence-electron chi connectivity index (χ4n) is 2.26. The number of thioether (sulfide) groups is 1. The molecule has 22 heavy (non-hydrogen) atoms. The number of anilines is 2. The minimum absolute atomic E-state index is 0.285. The predicted octanol–water partition coefficient (Wildman–Crippen LogP) is 1.68. The number of rotatable bonds is 6. The quantitative estimate of drug-likeness (QED) is 0.832. The van der Waals surface area contributed by atoms with Gasteiger partial charge in [0.25, 0.3) is 0 Å². The van der Waals surface area contributed by atoms with Gasteiger partial charge in [0, 0.05) is 24.5 Å². The largest absolute Gasteiger partial charge is 0.378 e. The topological polar surface area (TPSA) is 67.6 Å². The van der Waals surface area contributed by atoms with Crippen LogP contribution in [-0.4, -0.2) is 50.3 Å². The first-order valence-electron chi connectivity index (χ1n) is 7.29. The van der Waals surface area contributed by atoms with E-state index in [-0.39, 0.29) is 11.7 Å². The van der Waals surface area contributed by atoms with Crippen molar-refractivity contribution in [1.29, 1.82) is 0 Å². The van der Waals surface area contributed by atoms with Crippen LogP contribution in [0.3, 0.4) is 0 Å². The number of carbonyl (C=O) groups is 1. The minimum Gasteiger partial charge on any atom is -0.378 e. The summed E-state index contributed by atoms with van der Waals surface area (Å²) in [7, 11) is 0. The van der Waals surface area contributed by atoms with Crippen LogP contribution in [-0.2, 0) is 9.53 Å². The van der Waals surface area contributed by atoms with Gasteiger partial charge in [-0.3, -0.25) is 4.79 Å². The highest BCUT2D eigenvalue weighted by Crippen LogP contribution is 2.23. The van der Waals surface area contributed by atoms with Gasteiger partial charge in [-0.05, 0) is 36.6 Å². The van der Waals surface area contributed by atoms with E-state index in [1.165, 1.54) is 12.1 Å². The SMILES string of the molecule is CSCC[C@H](N)C(=O)Nc1cc(F)cc(N2CCOCC2)c1. The lowest BCUT2D eigenvalue weighted by Crippen LogP contribution is -2.37. The fraction of sp³-hybridized carbons (Fsp3) is 0.533. The van der Waals surface area contributed by atoms with Gasteiger partial charge in [-0.1, -0.05) is 0 Å². The van der Waals surface area contributed by atoms with Gasteiger partial charge in [0.05, 0.1) is 19.3 Å². The van der Waals surface area contributed by atoms with Crippen LogP contribution in [0, 0.1) is 5.82 Å². The average Bonchev–Trinajstić information content (AvgIpc) is 2.52. The highest BCUT2D eigenvalue weighted by atomic mass is 32.2. The third kappa shape index (κ3) is 4.86. The van der Waals surface area contributed by atoms with Gasteiger partial charge in [0.15, 0.2) is 0 Å². The van der Waals surface area contributed by atoms with Crippen LogP contribution in [0.2, 0.25) is 0 Å². The maximum Gasteiger partial charge on any atom is 0.241 e. The molecule has 1 amide bonds. The van der Waals surface area contributed by atoms with Crippen LogP contribution in [0.1, 0.15) is 6.42 Å². The Balaban J connectivity index is 2.04. The highest BCUT2D eigenvalue weighted by Gasteiger charge is 2.16. The molecule has 1 heterocycles. The van der Waals surface area contributed by atoms with Crippen LogP contribution in [0.25, 0.3) is 0 Å². The molecular formula is C15H22FN3O2S. The van der Waals surface area contributed by atoms with Gasteiger partial charge < -0.3 is 20.7 Å². The number of carbonyl (C=O) groups excluding carboxylic acids is 1. The molecule has 1 atom stereocenters. The molecule has 0 aliphatic carbocycles. The Labute approximate surface area is 134 Å². The summed E-state index contributed by atoms with van der Waals surface area (Å²) in [4.78, 5) is 14.1. The first-order valence-corrected chi connectivity index (χ1v) is 8.68. The van der Waals surface area contributed by atoms with E-state index >= 15 is 0 Å². The number of morpholine rings is 1. The van der Waals surface area contributed by atoms with Gasteiger partial charge in [-0.25, -0.2) is 4.39 Å². The zero-order valence-electron chi connectivity index (χ0n) is 12.7. The number of hydrogen-bond acceptors (Lipinski definition) is 5. The number of amides is 1. The van der Waals surface area contributed by atoms with Crippen LogP contribution in [0.15, 0.2) is 18.2 Å². The molecule has 1 fully saturated rings. The molecule has 122 valence electrons. The summed E-state index contributed by atoms with van der Waals surface area (Å²) in [6.07, 6.45) is 2.56. The molecule has 1 aromatic carbocycles. The number of nitrogens with two attached hydrogens (primary N) is 1. The van der Waals surface area contributed by atoms with Crippen molar-refractivity contribution in [2.45, 2.75) is 12.5 Å². The summed E-state index contributed by atoms with van der Waals surface area (Å²) in [5, 5.41) is 2.70. The molecule has 0 radical (unpaired) electrons. The van der Waals surface area contributed by atoms with Crippen LogP contribution < -0.4 is 16.0 Å². The second-order valence-corrected chi connectivity index (χ2v) is 6.16. The molecule has 7 heteroatoms. The lowest BCUT2D eigenvalue weighted by Gasteiger charge is -2.29. The second kappa shape index (κ2) is 8.36. The highest BCUT2D eigenvalue weighted by molar-refractivity contribution is 7.98. The Morgan fingerprint density at radius 3 is 2.86 bits per heavy atom. The van der Waals surface area contributed by atoms with E-state index in [0.29, 0.717) is 38.4 Å². The van der Waals surface area contributed by atoms with Gasteiger partial charge >= 0.3 is 0 Å². The molecule has 0 aromatic heterocycles. The number of benzene rings is 1. The average molecular weight is 327 g/mol. The van der Waals surface area contributed by atoms with Gasteiger partial charge in [0.1, 0.15) is 5.82 Å². The lowest BCUT2D eigenvalue weighted by molar-refractivity contribution is -0.117. The zero-order valence-corrected chi connectivity index (χ0v) is 13.5. The maximum absolute atomic E-state index is 13.8. The van der Waals surface area contributed by atoms with Crippen molar-refractivity contribution in [2.75, 3.05) is 48.5 Å². The Hall–Kier alpha value is -1.31. The van der Waals surface area contributed by atoms with Crippen molar-refractivity contribution in [1.82, 2.24) is 0 Å². The molecule has 1 aromatic rings. The molecule has 3 N–H and O–H groups in total. The standard InChI is InChI=1S/C15H22FN3O2S/c1-22-7-2-14(17)15(20)18-12-8-11(16)9-13(10-12)19-3-5-21-6-4-19/h8-10,14H,2-7,17H2,1H3,(H,18,20)/t14-/m0/s1. The molecule has 0 unspecified atom stereocenters. The van der Waals surface area contributed by atoms with E-state index in [1.54, 1.807) is 17.8 Å².